The fourth-order valence-electron chi connectivity index (χ4n) is 11.9. The van der Waals surface area contributed by atoms with Crippen molar-refractivity contribution >= 4 is 60.5 Å². The van der Waals surface area contributed by atoms with Crippen LogP contribution in [0.5, 0.6) is 0 Å². The Morgan fingerprint density at radius 1 is 0.490 bits per heavy atom. The third kappa shape index (κ3) is 3.83. The van der Waals surface area contributed by atoms with E-state index in [-0.39, 0.29) is 5.41 Å². The van der Waals surface area contributed by atoms with E-state index in [0.29, 0.717) is 5.92 Å². The molecule has 51 heavy (non-hydrogen) atoms. The van der Waals surface area contributed by atoms with Gasteiger partial charge in [-0.25, -0.2) is 0 Å². The Balaban J connectivity index is 1.13. The van der Waals surface area contributed by atoms with Gasteiger partial charge in [-0.05, 0) is 130 Å². The molecule has 5 aliphatic rings. The SMILES string of the molecule is c1ccc2c(c1)-c1c(N(c3ccc4c(ccc5ccccc54)c3)c3ccc4c(c3)oc3ccccc34)cccc1C21C2CCC3CC(C2)CC1C3. The number of hydrogen-bond acceptors (Lipinski definition) is 2. The summed E-state index contributed by atoms with van der Waals surface area (Å²) >= 11 is 0. The van der Waals surface area contributed by atoms with Crippen molar-refractivity contribution in [2.75, 3.05) is 4.90 Å². The Morgan fingerprint density at radius 2 is 1.20 bits per heavy atom. The van der Waals surface area contributed by atoms with E-state index in [4.69, 9.17) is 4.42 Å². The molecule has 1 heterocycles. The van der Waals surface area contributed by atoms with Crippen LogP contribution < -0.4 is 4.90 Å². The fourth-order valence-corrected chi connectivity index (χ4v) is 11.9. The van der Waals surface area contributed by atoms with Gasteiger partial charge in [-0.15, -0.1) is 0 Å². The molecule has 1 spiro atoms. The quantitative estimate of drug-likeness (QED) is 0.176. The lowest BCUT2D eigenvalue weighted by atomic mass is 9.51. The Kier molecular flexibility index (Phi) is 5.76. The van der Waals surface area contributed by atoms with Crippen LogP contribution in [-0.2, 0) is 5.41 Å². The Hall–Kier alpha value is -5.34. The molecule has 2 nitrogen and oxygen atoms in total. The van der Waals surface area contributed by atoms with E-state index in [2.05, 4.69) is 144 Å². The highest BCUT2D eigenvalue weighted by Gasteiger charge is 2.60. The molecule has 4 fully saturated rings. The lowest BCUT2D eigenvalue weighted by Gasteiger charge is -2.53. The molecule has 4 saturated carbocycles. The summed E-state index contributed by atoms with van der Waals surface area (Å²) in [6.45, 7) is 0. The maximum absolute atomic E-state index is 6.52. The van der Waals surface area contributed by atoms with E-state index < -0.39 is 0 Å². The fraction of sp³-hybridized carbons (Fsp3) is 0.224. The smallest absolute Gasteiger partial charge is 0.137 e. The first-order chi connectivity index (χ1) is 25.2. The molecule has 0 radical (unpaired) electrons. The molecule has 0 saturated heterocycles. The highest BCUT2D eigenvalue weighted by molar-refractivity contribution is 6.10. The van der Waals surface area contributed by atoms with Crippen LogP contribution in [0.4, 0.5) is 17.1 Å². The van der Waals surface area contributed by atoms with Crippen molar-refractivity contribution in [3.8, 4) is 11.1 Å². The van der Waals surface area contributed by atoms with Crippen LogP contribution >= 0.6 is 0 Å². The number of hydrogen-bond donors (Lipinski definition) is 0. The third-order valence-electron chi connectivity index (χ3n) is 13.7. The molecule has 5 aliphatic carbocycles. The Labute approximate surface area is 298 Å². The van der Waals surface area contributed by atoms with Crippen LogP contribution in [-0.4, -0.2) is 0 Å². The zero-order valence-electron chi connectivity index (χ0n) is 28.7. The van der Waals surface area contributed by atoms with E-state index in [9.17, 15) is 0 Å². The van der Waals surface area contributed by atoms with E-state index >= 15 is 0 Å². The van der Waals surface area contributed by atoms with Crippen molar-refractivity contribution in [1.82, 2.24) is 0 Å². The van der Waals surface area contributed by atoms with Crippen LogP contribution in [0.1, 0.15) is 49.7 Å². The molecule has 5 unspecified atom stereocenters. The molecule has 246 valence electrons. The molecule has 0 N–H and O–H groups in total. The van der Waals surface area contributed by atoms with Gasteiger partial charge in [0.15, 0.2) is 0 Å². The second-order valence-electron chi connectivity index (χ2n) is 16.1. The van der Waals surface area contributed by atoms with Gasteiger partial charge in [0.25, 0.3) is 0 Å². The predicted molar refractivity (Wildman–Crippen MR) is 211 cm³/mol. The van der Waals surface area contributed by atoms with Crippen LogP contribution in [0.3, 0.4) is 0 Å². The summed E-state index contributed by atoms with van der Waals surface area (Å²) in [5, 5.41) is 7.44. The number of anilines is 3. The Bertz CT molecular complexity index is 2710. The summed E-state index contributed by atoms with van der Waals surface area (Å²) in [5.74, 6) is 3.24. The first-order valence-corrected chi connectivity index (χ1v) is 19.1. The van der Waals surface area contributed by atoms with E-state index in [1.54, 1.807) is 11.1 Å². The second-order valence-corrected chi connectivity index (χ2v) is 16.1. The van der Waals surface area contributed by atoms with E-state index in [1.807, 2.05) is 0 Å². The number of nitrogens with zero attached hydrogens (tertiary/aromatic N) is 1. The van der Waals surface area contributed by atoms with Crippen LogP contribution in [0.15, 0.2) is 144 Å². The number of fused-ring (bicyclic) bond motifs is 10. The summed E-state index contributed by atoms with van der Waals surface area (Å²) in [6.07, 6.45) is 8.39. The standard InChI is InChI=1S/C49H39NO/c1-2-9-38-32(8-1)17-18-33-28-36(20-22-39(33)38)50(37-21-23-41-40-10-4-6-15-46(40)51-47(41)29-37)45-14-7-13-44-48(45)42-11-3-5-12-43(42)49(44)34-19-16-30-24-31(26-34)27-35(49)25-30/h1-15,17-18,20-23,28-31,34-35H,16,19,24-27H2. The zero-order chi connectivity index (χ0) is 33.3. The number of para-hydroxylation sites is 1. The summed E-state index contributed by atoms with van der Waals surface area (Å²) < 4.78 is 6.52. The van der Waals surface area contributed by atoms with Gasteiger partial charge in [0, 0.05) is 39.2 Å². The number of benzene rings is 7. The van der Waals surface area contributed by atoms with Gasteiger partial charge in [0.05, 0.1) is 5.69 Å². The van der Waals surface area contributed by atoms with Gasteiger partial charge >= 0.3 is 0 Å². The molecule has 7 aromatic carbocycles. The predicted octanol–water partition coefficient (Wildman–Crippen LogP) is 13.5. The first-order valence-electron chi connectivity index (χ1n) is 19.1. The zero-order valence-corrected chi connectivity index (χ0v) is 28.7. The van der Waals surface area contributed by atoms with Crippen molar-refractivity contribution in [2.24, 2.45) is 23.7 Å². The molecule has 5 atom stereocenters. The maximum Gasteiger partial charge on any atom is 0.137 e. The molecular weight excluding hydrogens is 619 g/mol. The summed E-state index contributed by atoms with van der Waals surface area (Å²) in [7, 11) is 0. The van der Waals surface area contributed by atoms with Crippen molar-refractivity contribution in [3.05, 3.63) is 151 Å². The average molecular weight is 658 g/mol. The van der Waals surface area contributed by atoms with Crippen LogP contribution in [0.2, 0.25) is 0 Å². The molecular formula is C49H39NO. The summed E-state index contributed by atoms with van der Waals surface area (Å²) in [6, 6.07) is 52.4. The van der Waals surface area contributed by atoms with Gasteiger partial charge < -0.3 is 9.32 Å². The van der Waals surface area contributed by atoms with Gasteiger partial charge in [0.2, 0.25) is 0 Å². The van der Waals surface area contributed by atoms with Crippen LogP contribution in [0, 0.1) is 23.7 Å². The molecule has 2 heteroatoms. The largest absolute Gasteiger partial charge is 0.456 e. The minimum absolute atomic E-state index is 0.101. The van der Waals surface area contributed by atoms with Crippen molar-refractivity contribution in [3.63, 3.8) is 0 Å². The van der Waals surface area contributed by atoms with E-state index in [1.165, 1.54) is 82.6 Å². The van der Waals surface area contributed by atoms with Crippen molar-refractivity contribution in [2.45, 2.75) is 43.9 Å². The minimum Gasteiger partial charge on any atom is -0.456 e. The summed E-state index contributed by atoms with van der Waals surface area (Å²) in [5.41, 5.74) is 11.6. The molecule has 8 aromatic rings. The third-order valence-corrected chi connectivity index (χ3v) is 13.7. The average Bonchev–Trinajstić information content (AvgIpc) is 3.61. The van der Waals surface area contributed by atoms with Gasteiger partial charge in [-0.2, -0.15) is 0 Å². The normalized spacial score (nSPS) is 24.5. The van der Waals surface area contributed by atoms with Gasteiger partial charge in [0.1, 0.15) is 11.2 Å². The van der Waals surface area contributed by atoms with Crippen molar-refractivity contribution in [1.29, 1.82) is 0 Å². The van der Waals surface area contributed by atoms with Crippen molar-refractivity contribution < 1.29 is 4.42 Å². The lowest BCUT2D eigenvalue weighted by Crippen LogP contribution is -2.48. The highest BCUT2D eigenvalue weighted by Crippen LogP contribution is 2.68. The highest BCUT2D eigenvalue weighted by atomic mass is 16.3. The first kappa shape index (κ1) is 28.4. The molecule has 1 aromatic heterocycles. The monoisotopic (exact) mass is 657 g/mol. The molecule has 0 aliphatic heterocycles. The number of furan rings is 1. The van der Waals surface area contributed by atoms with Crippen LogP contribution in [0.25, 0.3) is 54.6 Å². The topological polar surface area (TPSA) is 16.4 Å². The maximum atomic E-state index is 6.52. The molecule has 4 bridgehead atoms. The van der Waals surface area contributed by atoms with Gasteiger partial charge in [-0.3, -0.25) is 0 Å². The summed E-state index contributed by atoms with van der Waals surface area (Å²) in [4.78, 5) is 2.53. The van der Waals surface area contributed by atoms with Gasteiger partial charge in [-0.1, -0.05) is 103 Å². The molecule has 13 rings (SSSR count). The van der Waals surface area contributed by atoms with E-state index in [0.717, 1.165) is 45.4 Å². The lowest BCUT2D eigenvalue weighted by molar-refractivity contribution is 0.0618. The molecule has 0 amide bonds. The Morgan fingerprint density at radius 3 is 2.16 bits per heavy atom. The second kappa shape index (κ2) is 10.4. The number of rotatable bonds is 3. The minimum atomic E-state index is 0.101.